The van der Waals surface area contributed by atoms with Crippen molar-refractivity contribution in [3.8, 4) is 0 Å². The Hall–Kier alpha value is 1.08. The average Bonchev–Trinajstić information content (AvgIpc) is 2.16. The number of thiol groups is 2. The Morgan fingerprint density at radius 1 is 1.00 bits per heavy atom. The summed E-state index contributed by atoms with van der Waals surface area (Å²) in [5.41, 5.74) is 1.34. The highest BCUT2D eigenvalue weighted by Gasteiger charge is 2.33. The van der Waals surface area contributed by atoms with Crippen LogP contribution in [0.2, 0.25) is 0 Å². The second kappa shape index (κ2) is 5.42. The van der Waals surface area contributed by atoms with Gasteiger partial charge in [-0.15, -0.1) is 23.2 Å². The van der Waals surface area contributed by atoms with Gasteiger partial charge >= 0.3 is 0 Å². The van der Waals surface area contributed by atoms with Crippen molar-refractivity contribution in [1.82, 2.24) is 0 Å². The molecule has 0 aromatic heterocycles. The zero-order chi connectivity index (χ0) is 10.9. The first kappa shape index (κ1) is 13.1. The molecule has 0 fully saturated rings. The topological polar surface area (TPSA) is 0 Å². The summed E-state index contributed by atoms with van der Waals surface area (Å²) in [5, 5.41) is 2.83. The fourth-order valence-electron chi connectivity index (χ4n) is 1.07. The maximum atomic E-state index is 6.11. The fourth-order valence-corrected chi connectivity index (χ4v) is 3.33. The number of hydrogen-bond donors (Lipinski definition) is 2. The molecule has 0 saturated heterocycles. The van der Waals surface area contributed by atoms with Crippen molar-refractivity contribution in [3.05, 3.63) is 32.0 Å². The third-order valence-corrected chi connectivity index (χ3v) is 4.40. The van der Waals surface area contributed by atoms with Crippen LogP contribution in [0.25, 0.3) is 0 Å². The van der Waals surface area contributed by atoms with Gasteiger partial charge in [0.2, 0.25) is 0 Å². The molecule has 0 N–H and O–H groups in total. The van der Waals surface area contributed by atoms with E-state index in [2.05, 4.69) is 25.3 Å². The Bertz CT molecular complexity index is 332. The van der Waals surface area contributed by atoms with E-state index in [4.69, 9.17) is 46.4 Å². The van der Waals surface area contributed by atoms with E-state index in [1.165, 1.54) is 5.41 Å². The van der Waals surface area contributed by atoms with Crippen LogP contribution in [-0.4, -0.2) is 10.8 Å². The summed E-state index contributed by atoms with van der Waals surface area (Å²) < 4.78 is 0. The van der Waals surface area contributed by atoms with Gasteiger partial charge < -0.3 is 0 Å². The molecule has 0 saturated carbocycles. The molecular formula is C8H6Cl4S2. The normalized spacial score (nSPS) is 34.4. The molecule has 0 heterocycles. The molecule has 0 aromatic rings. The summed E-state index contributed by atoms with van der Waals surface area (Å²) in [6.07, 6.45) is 0. The van der Waals surface area contributed by atoms with Gasteiger partial charge in [-0.25, -0.2) is 0 Å². The third kappa shape index (κ3) is 2.26. The number of allylic oxidation sites excluding steroid dienone is 4. The molecule has 0 aromatic carbocycles. The van der Waals surface area contributed by atoms with Crippen LogP contribution >= 0.6 is 71.7 Å². The van der Waals surface area contributed by atoms with Crippen molar-refractivity contribution < 1.29 is 0 Å². The van der Waals surface area contributed by atoms with E-state index in [1.54, 1.807) is 5.41 Å². The molecule has 14 heavy (non-hydrogen) atoms. The molecule has 0 amide bonds. The van der Waals surface area contributed by atoms with Gasteiger partial charge in [0.25, 0.3) is 0 Å². The Kier molecular flexibility index (Phi) is 5.09. The quantitative estimate of drug-likeness (QED) is 0.477. The molecule has 2 atom stereocenters. The summed E-state index contributed by atoms with van der Waals surface area (Å²) in [6.45, 7) is 0. The number of hydrogen-bond acceptors (Lipinski definition) is 2. The van der Waals surface area contributed by atoms with Crippen molar-refractivity contribution in [3.63, 3.8) is 0 Å². The van der Waals surface area contributed by atoms with E-state index in [1.807, 2.05) is 0 Å². The first-order chi connectivity index (χ1) is 6.54. The summed E-state index contributed by atoms with van der Waals surface area (Å²) in [7, 11) is 0. The number of halogens is 4. The van der Waals surface area contributed by atoms with E-state index in [0.29, 0.717) is 21.2 Å². The van der Waals surface area contributed by atoms with Crippen LogP contribution in [-0.2, 0) is 0 Å². The zero-order valence-electron chi connectivity index (χ0n) is 6.72. The van der Waals surface area contributed by atoms with Gasteiger partial charge in [-0.2, -0.15) is 25.3 Å². The molecule has 0 nitrogen and oxygen atoms in total. The summed E-state index contributed by atoms with van der Waals surface area (Å²) in [4.78, 5) is 0. The second-order valence-electron chi connectivity index (χ2n) is 2.60. The van der Waals surface area contributed by atoms with Crippen molar-refractivity contribution in [2.45, 2.75) is 10.8 Å². The van der Waals surface area contributed by atoms with Gasteiger partial charge in [0.05, 0.1) is 20.8 Å². The molecule has 78 valence electrons. The van der Waals surface area contributed by atoms with E-state index in [-0.39, 0.29) is 0 Å². The van der Waals surface area contributed by atoms with Gasteiger partial charge in [0.1, 0.15) is 0 Å². The first-order valence-electron chi connectivity index (χ1n) is 3.56. The molecule has 0 radical (unpaired) electrons. The van der Waals surface area contributed by atoms with Crippen molar-refractivity contribution >= 4 is 71.7 Å². The molecule has 6 heteroatoms. The van der Waals surface area contributed by atoms with Crippen LogP contribution in [0.3, 0.4) is 0 Å². The van der Waals surface area contributed by atoms with E-state index < -0.39 is 10.8 Å². The van der Waals surface area contributed by atoms with Gasteiger partial charge in [-0.1, -0.05) is 23.2 Å². The van der Waals surface area contributed by atoms with Gasteiger partial charge in [0, 0.05) is 5.57 Å². The number of alkyl halides is 2. The minimum atomic E-state index is -0.513. The van der Waals surface area contributed by atoms with Crippen LogP contribution in [0.4, 0.5) is 0 Å². The standard InChI is InChI=1S/C8H6Cl4S2/c9-5-3(1-13)6(10)8(12)7(11)4(5)2-14/h1-2,5-6,13-14H/b3-1-,4-2+. The van der Waals surface area contributed by atoms with E-state index >= 15 is 0 Å². The minimum Gasteiger partial charge on any atom is -0.151 e. The predicted octanol–water partition coefficient (Wildman–Crippen LogP) is 4.53. The van der Waals surface area contributed by atoms with Crippen molar-refractivity contribution in [1.29, 1.82) is 0 Å². The lowest BCUT2D eigenvalue weighted by molar-refractivity contribution is 1.03. The summed E-state index contributed by atoms with van der Waals surface area (Å²) in [6, 6.07) is 0. The smallest absolute Gasteiger partial charge is 0.0942 e. The van der Waals surface area contributed by atoms with Gasteiger partial charge in [0.15, 0.2) is 0 Å². The molecule has 0 aliphatic heterocycles. The largest absolute Gasteiger partial charge is 0.151 e. The minimum absolute atomic E-state index is 0.353. The van der Waals surface area contributed by atoms with Gasteiger partial charge in [-0.05, 0) is 16.4 Å². The lowest BCUT2D eigenvalue weighted by Gasteiger charge is -2.27. The van der Waals surface area contributed by atoms with E-state index in [9.17, 15) is 0 Å². The van der Waals surface area contributed by atoms with Crippen molar-refractivity contribution in [2.24, 2.45) is 0 Å². The van der Waals surface area contributed by atoms with Crippen LogP contribution in [0.1, 0.15) is 0 Å². The Morgan fingerprint density at radius 2 is 1.57 bits per heavy atom. The Labute approximate surface area is 114 Å². The maximum Gasteiger partial charge on any atom is 0.0942 e. The first-order valence-corrected chi connectivity index (χ1v) is 6.22. The molecule has 1 rings (SSSR count). The molecule has 0 bridgehead atoms. The van der Waals surface area contributed by atoms with Crippen LogP contribution in [0.15, 0.2) is 32.0 Å². The Morgan fingerprint density at radius 3 is 2.00 bits per heavy atom. The lowest BCUT2D eigenvalue weighted by atomic mass is 9.97. The summed E-state index contributed by atoms with van der Waals surface area (Å²) in [5.74, 6) is 0. The highest BCUT2D eigenvalue weighted by Crippen LogP contribution is 2.43. The molecule has 1 aliphatic rings. The number of rotatable bonds is 0. The lowest BCUT2D eigenvalue weighted by Crippen LogP contribution is -2.22. The molecule has 2 unspecified atom stereocenters. The maximum absolute atomic E-state index is 6.11. The highest BCUT2D eigenvalue weighted by atomic mass is 35.5. The summed E-state index contributed by atoms with van der Waals surface area (Å²) >= 11 is 32.1. The second-order valence-corrected chi connectivity index (χ2v) is 4.78. The van der Waals surface area contributed by atoms with Crippen molar-refractivity contribution in [2.75, 3.05) is 0 Å². The predicted molar refractivity (Wildman–Crippen MR) is 72.2 cm³/mol. The highest BCUT2D eigenvalue weighted by molar-refractivity contribution is 7.83. The zero-order valence-corrected chi connectivity index (χ0v) is 11.5. The van der Waals surface area contributed by atoms with Crippen LogP contribution in [0, 0.1) is 0 Å². The fraction of sp³-hybridized carbons (Fsp3) is 0.250. The van der Waals surface area contributed by atoms with Gasteiger partial charge in [-0.3, -0.25) is 0 Å². The average molecular weight is 308 g/mol. The molecule has 0 spiro atoms. The Balaban J connectivity index is 3.30. The molecule has 1 aliphatic carbocycles. The monoisotopic (exact) mass is 306 g/mol. The third-order valence-electron chi connectivity index (χ3n) is 1.83. The van der Waals surface area contributed by atoms with Crippen LogP contribution < -0.4 is 0 Å². The SMILES string of the molecule is S/C=C1\C(Cl)C(Cl)=C(Cl)/C(=C/S)C1Cl. The van der Waals surface area contributed by atoms with E-state index in [0.717, 1.165) is 0 Å². The molecular weight excluding hydrogens is 302 g/mol. The van der Waals surface area contributed by atoms with Crippen LogP contribution in [0.5, 0.6) is 0 Å².